The molecule has 1 spiro atoms. The number of hydrogen-bond acceptors (Lipinski definition) is 3. The molecule has 1 heterocycles. The van der Waals surface area contributed by atoms with Gasteiger partial charge in [-0.3, -0.25) is 4.79 Å². The third-order valence-corrected chi connectivity index (χ3v) is 4.92. The molecule has 0 amide bonds. The second-order valence-electron chi connectivity index (χ2n) is 5.88. The zero-order valence-corrected chi connectivity index (χ0v) is 10.1. The summed E-state index contributed by atoms with van der Waals surface area (Å²) in [6, 6.07) is 0. The molecule has 3 nitrogen and oxygen atoms in total. The molecule has 1 saturated heterocycles. The number of rotatable bonds is 1. The summed E-state index contributed by atoms with van der Waals surface area (Å²) in [5.41, 5.74) is 0.399. The highest BCUT2D eigenvalue weighted by Gasteiger charge is 2.72. The van der Waals surface area contributed by atoms with Crippen LogP contribution in [-0.2, 0) is 14.3 Å². The summed E-state index contributed by atoms with van der Waals surface area (Å²) >= 11 is 0. The molecule has 16 heavy (non-hydrogen) atoms. The number of esters is 1. The monoisotopic (exact) mass is 224 g/mol. The predicted octanol–water partition coefficient (Wildman–Crippen LogP) is 2.43. The van der Waals surface area contributed by atoms with Crippen molar-refractivity contribution in [1.29, 1.82) is 0 Å². The normalized spacial score (nSPS) is 50.1. The molecule has 3 aliphatic rings. The molecule has 3 heteroatoms. The summed E-state index contributed by atoms with van der Waals surface area (Å²) < 4.78 is 11.4. The topological polar surface area (TPSA) is 38.8 Å². The Labute approximate surface area is 96.5 Å². The van der Waals surface area contributed by atoms with Crippen LogP contribution in [0.1, 0.15) is 52.4 Å². The van der Waals surface area contributed by atoms with Gasteiger partial charge in [0.15, 0.2) is 0 Å². The van der Waals surface area contributed by atoms with E-state index in [1.165, 1.54) is 26.2 Å². The Morgan fingerprint density at radius 1 is 1.31 bits per heavy atom. The average molecular weight is 224 g/mol. The first-order chi connectivity index (χ1) is 7.57. The summed E-state index contributed by atoms with van der Waals surface area (Å²) in [5, 5.41) is 0. The summed E-state index contributed by atoms with van der Waals surface area (Å²) in [6.45, 7) is 3.85. The van der Waals surface area contributed by atoms with Crippen LogP contribution in [0.5, 0.6) is 0 Å². The predicted molar refractivity (Wildman–Crippen MR) is 59.0 cm³/mol. The van der Waals surface area contributed by atoms with Gasteiger partial charge in [-0.25, -0.2) is 0 Å². The molecule has 90 valence electrons. The Hall–Kier alpha value is -0.570. The fraction of sp³-hybridized carbons (Fsp3) is 0.923. The third kappa shape index (κ3) is 1.27. The van der Waals surface area contributed by atoms with Gasteiger partial charge < -0.3 is 9.47 Å². The second-order valence-corrected chi connectivity index (χ2v) is 5.88. The van der Waals surface area contributed by atoms with Gasteiger partial charge in [-0.15, -0.1) is 0 Å². The van der Waals surface area contributed by atoms with Gasteiger partial charge in [0.05, 0.1) is 0 Å². The van der Waals surface area contributed by atoms with E-state index in [2.05, 4.69) is 6.92 Å². The minimum absolute atomic E-state index is 0.0173. The van der Waals surface area contributed by atoms with Gasteiger partial charge in [0, 0.05) is 6.92 Å². The van der Waals surface area contributed by atoms with Crippen molar-refractivity contribution >= 4 is 5.97 Å². The molecule has 0 bridgehead atoms. The molecular weight excluding hydrogens is 204 g/mol. The first kappa shape index (κ1) is 10.6. The van der Waals surface area contributed by atoms with Crippen LogP contribution in [0.4, 0.5) is 0 Å². The Bertz CT molecular complexity index is 327. The van der Waals surface area contributed by atoms with Gasteiger partial charge in [0.1, 0.15) is 17.8 Å². The highest BCUT2D eigenvalue weighted by atomic mass is 16.6. The quantitative estimate of drug-likeness (QED) is 0.507. The van der Waals surface area contributed by atoms with E-state index >= 15 is 0 Å². The van der Waals surface area contributed by atoms with E-state index in [4.69, 9.17) is 9.47 Å². The van der Waals surface area contributed by atoms with E-state index in [-0.39, 0.29) is 23.8 Å². The zero-order chi connectivity index (χ0) is 11.4. The van der Waals surface area contributed by atoms with E-state index in [1.54, 1.807) is 0 Å². The van der Waals surface area contributed by atoms with Crippen molar-refractivity contribution in [3.63, 3.8) is 0 Å². The van der Waals surface area contributed by atoms with Gasteiger partial charge >= 0.3 is 5.97 Å². The molecule has 2 aliphatic carbocycles. The van der Waals surface area contributed by atoms with Crippen molar-refractivity contribution in [2.75, 3.05) is 0 Å². The Morgan fingerprint density at radius 2 is 2.06 bits per heavy atom. The minimum atomic E-state index is -0.171. The Balaban J connectivity index is 1.79. The molecular formula is C13H20O3. The molecule has 3 rings (SSSR count). The first-order valence-electron chi connectivity index (χ1n) is 6.42. The highest BCUT2D eigenvalue weighted by molar-refractivity contribution is 5.66. The van der Waals surface area contributed by atoms with Crippen molar-refractivity contribution in [1.82, 2.24) is 0 Å². The van der Waals surface area contributed by atoms with Gasteiger partial charge in [-0.2, -0.15) is 0 Å². The van der Waals surface area contributed by atoms with Gasteiger partial charge in [0.2, 0.25) is 0 Å². The van der Waals surface area contributed by atoms with Gasteiger partial charge in [-0.1, -0.05) is 19.8 Å². The standard InChI is InChI=1S/C13H20O3/c1-9(14)15-10-5-8-12(2)6-3-4-7-13(12)11(10)16-13/h10-11H,3-8H2,1-2H3/t10-,11-,12+,13-/m1/s1. The van der Waals surface area contributed by atoms with Crippen molar-refractivity contribution < 1.29 is 14.3 Å². The van der Waals surface area contributed by atoms with E-state index in [0.29, 0.717) is 5.41 Å². The summed E-state index contributed by atoms with van der Waals surface area (Å²) in [4.78, 5) is 11.0. The van der Waals surface area contributed by atoms with Gasteiger partial charge in [0.25, 0.3) is 0 Å². The van der Waals surface area contributed by atoms with Gasteiger partial charge in [-0.05, 0) is 31.1 Å². The van der Waals surface area contributed by atoms with Crippen molar-refractivity contribution in [3.05, 3.63) is 0 Å². The Morgan fingerprint density at radius 3 is 2.81 bits per heavy atom. The summed E-state index contributed by atoms with van der Waals surface area (Å²) in [6.07, 6.45) is 7.34. The zero-order valence-electron chi connectivity index (χ0n) is 10.1. The number of epoxide rings is 1. The van der Waals surface area contributed by atoms with Crippen LogP contribution in [0.3, 0.4) is 0 Å². The van der Waals surface area contributed by atoms with Crippen LogP contribution in [-0.4, -0.2) is 23.8 Å². The lowest BCUT2D eigenvalue weighted by atomic mass is 9.59. The maximum absolute atomic E-state index is 11.0. The molecule has 0 aromatic carbocycles. The number of carbonyl (C=O) groups is 1. The maximum atomic E-state index is 11.0. The van der Waals surface area contributed by atoms with Crippen LogP contribution < -0.4 is 0 Å². The van der Waals surface area contributed by atoms with E-state index in [9.17, 15) is 4.79 Å². The average Bonchev–Trinajstić information content (AvgIpc) is 2.94. The van der Waals surface area contributed by atoms with Crippen LogP contribution in [0.15, 0.2) is 0 Å². The lowest BCUT2D eigenvalue weighted by Crippen LogP contribution is -2.48. The molecule has 0 unspecified atom stereocenters. The molecule has 3 fully saturated rings. The molecule has 0 aromatic rings. The fourth-order valence-electron chi connectivity index (χ4n) is 3.95. The summed E-state index contributed by atoms with van der Waals surface area (Å²) in [5.74, 6) is -0.171. The third-order valence-electron chi connectivity index (χ3n) is 4.92. The summed E-state index contributed by atoms with van der Waals surface area (Å²) in [7, 11) is 0. The van der Waals surface area contributed by atoms with Crippen LogP contribution >= 0.6 is 0 Å². The smallest absolute Gasteiger partial charge is 0.302 e. The van der Waals surface area contributed by atoms with Crippen molar-refractivity contribution in [2.24, 2.45) is 5.41 Å². The minimum Gasteiger partial charge on any atom is -0.460 e. The second kappa shape index (κ2) is 3.22. The van der Waals surface area contributed by atoms with Crippen molar-refractivity contribution in [2.45, 2.75) is 70.2 Å². The van der Waals surface area contributed by atoms with E-state index in [0.717, 1.165) is 19.3 Å². The molecule has 0 radical (unpaired) electrons. The largest absolute Gasteiger partial charge is 0.460 e. The fourth-order valence-corrected chi connectivity index (χ4v) is 3.95. The number of hydrogen-bond donors (Lipinski definition) is 0. The number of carbonyl (C=O) groups excluding carboxylic acids is 1. The molecule has 1 aliphatic heterocycles. The van der Waals surface area contributed by atoms with E-state index < -0.39 is 0 Å². The molecule has 2 saturated carbocycles. The van der Waals surface area contributed by atoms with Crippen LogP contribution in [0, 0.1) is 5.41 Å². The maximum Gasteiger partial charge on any atom is 0.302 e. The lowest BCUT2D eigenvalue weighted by molar-refractivity contribution is -0.149. The Kier molecular flexibility index (Phi) is 2.13. The van der Waals surface area contributed by atoms with Crippen molar-refractivity contribution in [3.8, 4) is 0 Å². The number of ether oxygens (including phenoxy) is 2. The van der Waals surface area contributed by atoms with E-state index in [1.807, 2.05) is 0 Å². The molecule has 0 N–H and O–H groups in total. The SMILES string of the molecule is CC(=O)O[C@@H]1CC[C@]2(C)CCCC[C@]23O[C@H]13. The van der Waals surface area contributed by atoms with Crippen LogP contribution in [0.2, 0.25) is 0 Å². The highest BCUT2D eigenvalue weighted by Crippen LogP contribution is 2.65. The lowest BCUT2D eigenvalue weighted by Gasteiger charge is -2.44. The van der Waals surface area contributed by atoms with Crippen LogP contribution in [0.25, 0.3) is 0 Å². The molecule has 4 atom stereocenters. The molecule has 0 aromatic heterocycles. The first-order valence-corrected chi connectivity index (χ1v) is 6.42.